The number of rotatable bonds is 2. The predicted octanol–water partition coefficient (Wildman–Crippen LogP) is 4.88. The van der Waals surface area contributed by atoms with E-state index < -0.39 is 45.8 Å². The molecule has 2 nitrogen and oxygen atoms in total. The molecule has 7 heteroatoms. The van der Waals surface area contributed by atoms with E-state index in [9.17, 15) is 26.7 Å². The summed E-state index contributed by atoms with van der Waals surface area (Å²) in [5.41, 5.74) is -0.111. The van der Waals surface area contributed by atoms with Crippen molar-refractivity contribution in [3.05, 3.63) is 76.3 Å². The van der Waals surface area contributed by atoms with Crippen LogP contribution < -0.4 is 4.90 Å². The third-order valence-corrected chi connectivity index (χ3v) is 4.66. The first kappa shape index (κ1) is 18.1. The van der Waals surface area contributed by atoms with Gasteiger partial charge in [0.1, 0.15) is 0 Å². The Morgan fingerprint density at radius 1 is 0.923 bits per heavy atom. The van der Waals surface area contributed by atoms with Crippen molar-refractivity contribution in [1.82, 2.24) is 0 Å². The Balaban J connectivity index is 2.15. The summed E-state index contributed by atoms with van der Waals surface area (Å²) in [6.07, 6.45) is 0.915. The number of allylic oxidation sites excluding steroid dienone is 2. The zero-order valence-corrected chi connectivity index (χ0v) is 14.1. The molecule has 0 radical (unpaired) electrons. The number of anilines is 1. The van der Waals surface area contributed by atoms with Crippen LogP contribution in [0.5, 0.6) is 0 Å². The second kappa shape index (κ2) is 5.93. The Morgan fingerprint density at radius 2 is 1.42 bits per heavy atom. The maximum absolute atomic E-state index is 13.9. The molecule has 0 fully saturated rings. The van der Waals surface area contributed by atoms with Crippen molar-refractivity contribution in [1.29, 1.82) is 0 Å². The zero-order chi connectivity index (χ0) is 19.4. The van der Waals surface area contributed by atoms with Gasteiger partial charge < -0.3 is 4.90 Å². The van der Waals surface area contributed by atoms with E-state index in [1.165, 1.54) is 0 Å². The topological polar surface area (TPSA) is 20.3 Å². The van der Waals surface area contributed by atoms with Gasteiger partial charge in [-0.15, -0.1) is 0 Å². The molecule has 3 rings (SSSR count). The van der Waals surface area contributed by atoms with Crippen molar-refractivity contribution < 1.29 is 26.7 Å². The molecule has 0 aliphatic carbocycles. The lowest BCUT2D eigenvalue weighted by molar-refractivity contribution is 0.103. The fourth-order valence-electron chi connectivity index (χ4n) is 3.28. The van der Waals surface area contributed by atoms with Gasteiger partial charge in [0.05, 0.1) is 5.56 Å². The van der Waals surface area contributed by atoms with Crippen LogP contribution in [-0.4, -0.2) is 12.8 Å². The van der Waals surface area contributed by atoms with E-state index in [0.29, 0.717) is 5.70 Å². The molecule has 136 valence electrons. The summed E-state index contributed by atoms with van der Waals surface area (Å²) in [4.78, 5) is 14.1. The number of para-hydroxylation sites is 1. The Bertz CT molecular complexity index is 936. The normalized spacial score (nSPS) is 16.9. The first-order valence-electron chi connectivity index (χ1n) is 7.70. The van der Waals surface area contributed by atoms with Gasteiger partial charge in [-0.05, 0) is 11.6 Å². The highest BCUT2D eigenvalue weighted by Crippen LogP contribution is 2.46. The number of carbonyl (C=O) groups is 1. The fraction of sp³-hybridized carbons (Fsp3) is 0.211. The Morgan fingerprint density at radius 3 is 1.96 bits per heavy atom. The molecule has 0 spiro atoms. The van der Waals surface area contributed by atoms with Gasteiger partial charge in [-0.3, -0.25) is 4.79 Å². The maximum Gasteiger partial charge on any atom is 0.200 e. The second-order valence-electron chi connectivity index (χ2n) is 6.54. The van der Waals surface area contributed by atoms with Gasteiger partial charge in [0.2, 0.25) is 5.82 Å². The monoisotopic (exact) mass is 367 g/mol. The second-order valence-corrected chi connectivity index (χ2v) is 6.54. The minimum absolute atomic E-state index is 0.382. The van der Waals surface area contributed by atoms with E-state index in [-0.39, 0.29) is 0 Å². The van der Waals surface area contributed by atoms with Crippen molar-refractivity contribution in [3.63, 3.8) is 0 Å². The van der Waals surface area contributed by atoms with Crippen molar-refractivity contribution in [2.45, 2.75) is 19.3 Å². The number of halogens is 5. The molecule has 0 saturated heterocycles. The van der Waals surface area contributed by atoms with Crippen LogP contribution in [0.1, 0.15) is 29.8 Å². The lowest BCUT2D eigenvalue weighted by Crippen LogP contribution is -2.24. The molecule has 0 atom stereocenters. The van der Waals surface area contributed by atoms with E-state index in [1.807, 2.05) is 12.1 Å². The fourth-order valence-corrected chi connectivity index (χ4v) is 3.28. The minimum atomic E-state index is -2.30. The number of ketones is 1. The third kappa shape index (κ3) is 2.41. The molecule has 0 N–H and O–H groups in total. The van der Waals surface area contributed by atoms with Crippen LogP contribution in [0.4, 0.5) is 27.6 Å². The molecular formula is C19H14F5NO. The summed E-state index contributed by atoms with van der Waals surface area (Å²) in [6.45, 7) is 3.60. The van der Waals surface area contributed by atoms with Gasteiger partial charge >= 0.3 is 0 Å². The first-order chi connectivity index (χ1) is 12.1. The van der Waals surface area contributed by atoms with E-state index >= 15 is 0 Å². The highest BCUT2D eigenvalue weighted by Gasteiger charge is 2.39. The largest absolute Gasteiger partial charge is 0.347 e. The van der Waals surface area contributed by atoms with Crippen molar-refractivity contribution in [3.8, 4) is 0 Å². The first-order valence-corrected chi connectivity index (χ1v) is 7.70. The van der Waals surface area contributed by atoms with Crippen LogP contribution in [0.15, 0.2) is 36.0 Å². The zero-order valence-electron chi connectivity index (χ0n) is 14.1. The SMILES string of the molecule is CN1/C(=C\C(=O)c2c(F)c(F)c(F)c(F)c2F)C(C)(C)c2ccccc21. The highest BCUT2D eigenvalue weighted by atomic mass is 19.2. The van der Waals surface area contributed by atoms with Crippen LogP contribution in [0.25, 0.3) is 0 Å². The Kier molecular flexibility index (Phi) is 4.13. The number of nitrogens with zero attached hydrogens (tertiary/aromatic N) is 1. The van der Waals surface area contributed by atoms with Crippen LogP contribution in [0.2, 0.25) is 0 Å². The molecule has 0 bridgehead atoms. The minimum Gasteiger partial charge on any atom is -0.347 e. The van der Waals surface area contributed by atoms with Crippen LogP contribution in [-0.2, 0) is 5.41 Å². The van der Waals surface area contributed by atoms with Gasteiger partial charge in [-0.2, -0.15) is 0 Å². The summed E-state index contributed by atoms with van der Waals surface area (Å²) in [6, 6.07) is 7.25. The van der Waals surface area contributed by atoms with Gasteiger partial charge in [-0.1, -0.05) is 32.0 Å². The average Bonchev–Trinajstić information content (AvgIpc) is 2.80. The molecule has 1 heterocycles. The highest BCUT2D eigenvalue weighted by molar-refractivity contribution is 6.06. The molecule has 0 aromatic heterocycles. The van der Waals surface area contributed by atoms with E-state index in [0.717, 1.165) is 17.3 Å². The molecule has 2 aromatic carbocycles. The number of fused-ring (bicyclic) bond motifs is 1. The quantitative estimate of drug-likeness (QED) is 0.248. The molecule has 0 saturated carbocycles. The maximum atomic E-state index is 13.9. The summed E-state index contributed by atoms with van der Waals surface area (Å²) >= 11 is 0. The number of benzene rings is 2. The van der Waals surface area contributed by atoms with Gasteiger partial charge in [0.15, 0.2) is 29.1 Å². The van der Waals surface area contributed by atoms with Crippen LogP contribution in [0, 0.1) is 29.1 Å². The standard InChI is InChI=1S/C19H14F5NO/c1-19(2)9-6-4-5-7-10(9)25(3)12(19)8-11(26)13-14(20)16(22)18(24)17(23)15(13)21/h4-8H,1-3H3/b12-8-. The average molecular weight is 367 g/mol. The van der Waals surface area contributed by atoms with Crippen molar-refractivity contribution in [2.24, 2.45) is 0 Å². The summed E-state index contributed by atoms with van der Waals surface area (Å²) in [7, 11) is 1.66. The lowest BCUT2D eigenvalue weighted by Gasteiger charge is -2.24. The summed E-state index contributed by atoms with van der Waals surface area (Å²) in [5, 5.41) is 0. The third-order valence-electron chi connectivity index (χ3n) is 4.66. The smallest absolute Gasteiger partial charge is 0.200 e. The molecule has 0 unspecified atom stereocenters. The Labute approximate surface area is 146 Å². The molecule has 0 amide bonds. The van der Waals surface area contributed by atoms with Crippen molar-refractivity contribution in [2.75, 3.05) is 11.9 Å². The molecular weight excluding hydrogens is 353 g/mol. The van der Waals surface area contributed by atoms with Crippen LogP contribution >= 0.6 is 0 Å². The lowest BCUT2D eigenvalue weighted by atomic mass is 9.83. The molecule has 2 aromatic rings. The number of hydrogen-bond acceptors (Lipinski definition) is 2. The molecule has 26 heavy (non-hydrogen) atoms. The number of carbonyl (C=O) groups excluding carboxylic acids is 1. The van der Waals surface area contributed by atoms with E-state index in [2.05, 4.69) is 0 Å². The Hall–Kier alpha value is -2.70. The van der Waals surface area contributed by atoms with Gasteiger partial charge in [0, 0.05) is 29.9 Å². The van der Waals surface area contributed by atoms with Gasteiger partial charge in [0.25, 0.3) is 0 Å². The molecule has 1 aliphatic rings. The van der Waals surface area contributed by atoms with Crippen LogP contribution in [0.3, 0.4) is 0 Å². The number of hydrogen-bond donors (Lipinski definition) is 0. The van der Waals surface area contributed by atoms with Crippen molar-refractivity contribution >= 4 is 11.5 Å². The number of likely N-dealkylation sites (N-methyl/N-ethyl adjacent to an activating group) is 1. The molecule has 1 aliphatic heterocycles. The van der Waals surface area contributed by atoms with Gasteiger partial charge in [-0.25, -0.2) is 22.0 Å². The van der Waals surface area contributed by atoms with E-state index in [1.54, 1.807) is 37.9 Å². The predicted molar refractivity (Wildman–Crippen MR) is 86.5 cm³/mol. The summed E-state index contributed by atoms with van der Waals surface area (Å²) in [5.74, 6) is -12.2. The van der Waals surface area contributed by atoms with E-state index in [4.69, 9.17) is 0 Å². The summed E-state index contributed by atoms with van der Waals surface area (Å²) < 4.78 is 67.7.